The van der Waals surface area contributed by atoms with Crippen LogP contribution in [0.3, 0.4) is 0 Å². The first-order valence-corrected chi connectivity index (χ1v) is 13.4. The number of aliphatic hydroxyl groups is 9. The van der Waals surface area contributed by atoms with Crippen LogP contribution in [0.1, 0.15) is 6.42 Å². The lowest BCUT2D eigenvalue weighted by atomic mass is 10.1. The van der Waals surface area contributed by atoms with Gasteiger partial charge in [-0.3, -0.25) is 0 Å². The largest absolute Gasteiger partial charge is 0.394 e. The van der Waals surface area contributed by atoms with Crippen molar-refractivity contribution in [3.8, 4) is 0 Å². The van der Waals surface area contributed by atoms with Crippen molar-refractivity contribution in [1.82, 2.24) is 0 Å². The fourth-order valence-electron chi connectivity index (χ4n) is 5.10. The molecule has 4 fully saturated rings. The number of aliphatic hydroxyl groups excluding tert-OH is 9. The summed E-state index contributed by atoms with van der Waals surface area (Å²) in [6.07, 6.45) is -21.4. The lowest BCUT2D eigenvalue weighted by Gasteiger charge is -2.29. The molecule has 18 heteroatoms. The van der Waals surface area contributed by atoms with Crippen molar-refractivity contribution in [2.45, 2.75) is 105 Å². The molecule has 4 rings (SSSR count). The summed E-state index contributed by atoms with van der Waals surface area (Å²) in [5.41, 5.74) is 5.49. The number of rotatable bonds is 14. The summed E-state index contributed by atoms with van der Waals surface area (Å²) >= 11 is 0. The molecule has 0 aliphatic carbocycles. The zero-order chi connectivity index (χ0) is 29.8. The lowest BCUT2D eigenvalue weighted by Crippen LogP contribution is -2.47. The molecule has 0 aromatic carbocycles. The predicted octanol–water partition coefficient (Wildman–Crippen LogP) is -6.82. The fraction of sp³-hybridized carbons (Fsp3) is 1.00. The smallest absolute Gasteiger partial charge is 0.187 e. The van der Waals surface area contributed by atoms with Crippen molar-refractivity contribution in [2.75, 3.05) is 39.6 Å². The second-order valence-electron chi connectivity index (χ2n) is 10.2. The van der Waals surface area contributed by atoms with E-state index in [-0.39, 0.29) is 6.61 Å². The van der Waals surface area contributed by atoms with Gasteiger partial charge in [-0.05, 0) is 13.0 Å². The molecule has 0 unspecified atom stereocenters. The number of hydrogen-bond donors (Lipinski definition) is 10. The quantitative estimate of drug-likeness (QED) is 0.0825. The summed E-state index contributed by atoms with van der Waals surface area (Å²) in [5.74, 6) is 0. The molecule has 240 valence electrons. The maximum absolute atomic E-state index is 10.9. The molecule has 4 aliphatic heterocycles. The first-order chi connectivity index (χ1) is 19.7. The first kappa shape index (κ1) is 33.2. The van der Waals surface area contributed by atoms with Gasteiger partial charge in [0.1, 0.15) is 73.2 Å². The summed E-state index contributed by atoms with van der Waals surface area (Å²) in [4.78, 5) is 0. The Morgan fingerprint density at radius 3 is 1.49 bits per heavy atom. The Balaban J connectivity index is 1.45. The fourth-order valence-corrected chi connectivity index (χ4v) is 5.10. The second-order valence-corrected chi connectivity index (χ2v) is 10.2. The van der Waals surface area contributed by atoms with Gasteiger partial charge in [-0.1, -0.05) is 0 Å². The molecule has 18 nitrogen and oxygen atoms in total. The van der Waals surface area contributed by atoms with Gasteiger partial charge in [0.25, 0.3) is 0 Å². The third-order valence-corrected chi connectivity index (χ3v) is 7.42. The highest BCUT2D eigenvalue weighted by Gasteiger charge is 2.56. The van der Waals surface area contributed by atoms with Gasteiger partial charge in [-0.15, -0.1) is 0 Å². The van der Waals surface area contributed by atoms with Crippen LogP contribution >= 0.6 is 0 Å². The minimum Gasteiger partial charge on any atom is -0.394 e. The van der Waals surface area contributed by atoms with Crippen molar-refractivity contribution in [3.05, 3.63) is 0 Å². The van der Waals surface area contributed by atoms with Crippen LogP contribution < -0.4 is 5.73 Å². The summed E-state index contributed by atoms with van der Waals surface area (Å²) in [7, 11) is 0. The van der Waals surface area contributed by atoms with Crippen LogP contribution in [0.15, 0.2) is 0 Å². The van der Waals surface area contributed by atoms with Crippen LogP contribution in [0.25, 0.3) is 0 Å². The van der Waals surface area contributed by atoms with Gasteiger partial charge < -0.3 is 89.6 Å². The Kier molecular flexibility index (Phi) is 12.0. The van der Waals surface area contributed by atoms with Crippen LogP contribution in [-0.4, -0.2) is 184 Å². The van der Waals surface area contributed by atoms with E-state index in [1.807, 2.05) is 0 Å². The second kappa shape index (κ2) is 14.8. The van der Waals surface area contributed by atoms with E-state index in [9.17, 15) is 46.0 Å². The van der Waals surface area contributed by atoms with E-state index in [1.54, 1.807) is 0 Å². The van der Waals surface area contributed by atoms with Crippen molar-refractivity contribution in [3.63, 3.8) is 0 Å². The van der Waals surface area contributed by atoms with Gasteiger partial charge in [-0.25, -0.2) is 0 Å². The van der Waals surface area contributed by atoms with Crippen molar-refractivity contribution in [2.24, 2.45) is 5.73 Å². The van der Waals surface area contributed by atoms with E-state index >= 15 is 0 Å². The van der Waals surface area contributed by atoms with Gasteiger partial charge >= 0.3 is 0 Å². The molecular weight excluding hydrogens is 562 g/mol. The van der Waals surface area contributed by atoms with Crippen molar-refractivity contribution in [1.29, 1.82) is 0 Å². The van der Waals surface area contributed by atoms with Crippen LogP contribution in [-0.2, 0) is 37.9 Å². The van der Waals surface area contributed by atoms with Crippen LogP contribution in [0.4, 0.5) is 0 Å². The summed E-state index contributed by atoms with van der Waals surface area (Å²) in [6, 6.07) is 0. The van der Waals surface area contributed by atoms with E-state index in [2.05, 4.69) is 0 Å². The van der Waals surface area contributed by atoms with Gasteiger partial charge in [-0.2, -0.15) is 0 Å². The summed E-state index contributed by atoms with van der Waals surface area (Å²) < 4.78 is 44.8. The minimum absolute atomic E-state index is 0.154. The third kappa shape index (κ3) is 7.00. The maximum atomic E-state index is 10.9. The van der Waals surface area contributed by atoms with E-state index < -0.39 is 125 Å². The number of hydrogen-bond acceptors (Lipinski definition) is 18. The molecule has 4 aliphatic rings. The predicted molar refractivity (Wildman–Crippen MR) is 127 cm³/mol. The maximum Gasteiger partial charge on any atom is 0.187 e. The van der Waals surface area contributed by atoms with Crippen LogP contribution in [0.5, 0.6) is 0 Å². The summed E-state index contributed by atoms with van der Waals surface area (Å²) in [6.45, 7) is -2.00. The third-order valence-electron chi connectivity index (χ3n) is 7.42. The Morgan fingerprint density at radius 1 is 0.488 bits per heavy atom. The number of nitrogens with two attached hydrogens (primary N) is 1. The molecule has 0 radical (unpaired) electrons. The van der Waals surface area contributed by atoms with Crippen LogP contribution in [0.2, 0.25) is 0 Å². The molecule has 16 atom stereocenters. The SMILES string of the molecule is NCCCO[C@H]1O[C@@H](CO)[C@H](O)[C@H]1O[C@H]1O[C@@H](CO)[C@H](O)[C@H]1O[C@H]1O[C@@H](CO)[C@H](O[C@@H]2O[C@@H](CO)[C@H](O)[C@H]2O)[C@H]1O. The highest BCUT2D eigenvalue weighted by Crippen LogP contribution is 2.36. The molecular formula is C23H41NO17. The van der Waals surface area contributed by atoms with E-state index in [4.69, 9.17) is 43.6 Å². The Labute approximate surface area is 234 Å². The molecule has 0 aromatic heterocycles. The molecule has 4 heterocycles. The molecule has 0 aromatic rings. The lowest BCUT2D eigenvalue weighted by molar-refractivity contribution is -0.277. The molecule has 0 saturated carbocycles. The zero-order valence-electron chi connectivity index (χ0n) is 22.1. The Hall–Kier alpha value is -0.720. The monoisotopic (exact) mass is 603 g/mol. The normalized spacial score (nSPS) is 48.4. The molecule has 0 amide bonds. The average molecular weight is 604 g/mol. The first-order valence-electron chi connectivity index (χ1n) is 13.4. The Morgan fingerprint density at radius 2 is 0.927 bits per heavy atom. The highest BCUT2D eigenvalue weighted by molar-refractivity contribution is 4.96. The van der Waals surface area contributed by atoms with E-state index in [0.717, 1.165) is 0 Å². The van der Waals surface area contributed by atoms with Gasteiger partial charge in [0.15, 0.2) is 25.2 Å². The van der Waals surface area contributed by atoms with E-state index in [0.29, 0.717) is 13.0 Å². The van der Waals surface area contributed by atoms with Crippen molar-refractivity contribution >= 4 is 0 Å². The molecule has 41 heavy (non-hydrogen) atoms. The van der Waals surface area contributed by atoms with Gasteiger partial charge in [0.2, 0.25) is 0 Å². The molecule has 0 bridgehead atoms. The highest BCUT2D eigenvalue weighted by atomic mass is 16.8. The standard InChI is InChI=1S/C23H41NO17/c24-2-1-3-34-22-18(13(30)9(5-26)36-22)41-23-19(14(31)10(6-27)37-23)40-21-16(33)17(11(7-28)38-21)39-20-15(32)12(29)8(4-25)35-20/h8-23,25-33H,1-7,24H2/t8-,9-,10-,11-,12-,13-,14-,15+,16+,17-,18+,19+,20-,21+,22-,23+/m0/s1. The summed E-state index contributed by atoms with van der Waals surface area (Å²) in [5, 5.41) is 90.9. The average Bonchev–Trinajstić information content (AvgIpc) is 3.64. The van der Waals surface area contributed by atoms with Crippen molar-refractivity contribution < 1.29 is 83.9 Å². The molecule has 0 spiro atoms. The van der Waals surface area contributed by atoms with Crippen LogP contribution in [0, 0.1) is 0 Å². The number of ether oxygens (including phenoxy) is 8. The molecule has 4 saturated heterocycles. The molecule has 11 N–H and O–H groups in total. The van der Waals surface area contributed by atoms with Gasteiger partial charge in [0, 0.05) is 0 Å². The van der Waals surface area contributed by atoms with Gasteiger partial charge in [0.05, 0.1) is 33.0 Å². The van der Waals surface area contributed by atoms with E-state index in [1.165, 1.54) is 0 Å². The minimum atomic E-state index is -1.64. The Bertz CT molecular complexity index is 799. The zero-order valence-corrected chi connectivity index (χ0v) is 22.1. The topological polar surface area (TPSA) is 282 Å².